The maximum absolute atomic E-state index is 11.1. The fraction of sp³-hybridized carbons (Fsp3) is 1.00. The van der Waals surface area contributed by atoms with Gasteiger partial charge in [0.05, 0.1) is 17.1 Å². The zero-order valence-corrected chi connectivity index (χ0v) is 6.34. The van der Waals surface area contributed by atoms with E-state index in [2.05, 4.69) is 0 Å². The SMILES string of the molecule is O=S1(=O)C[C@@H]2C[C@H]1C[C@@H]2O. The summed E-state index contributed by atoms with van der Waals surface area (Å²) in [5.74, 6) is 0.272. The monoisotopic (exact) mass is 162 g/mol. The quantitative estimate of drug-likeness (QED) is 0.525. The Labute approximate surface area is 60.0 Å². The van der Waals surface area contributed by atoms with Crippen molar-refractivity contribution in [3.05, 3.63) is 0 Å². The van der Waals surface area contributed by atoms with Crippen molar-refractivity contribution in [2.24, 2.45) is 5.92 Å². The number of fused-ring (bicyclic) bond motifs is 2. The highest BCUT2D eigenvalue weighted by molar-refractivity contribution is 7.92. The molecule has 0 spiro atoms. The van der Waals surface area contributed by atoms with Gasteiger partial charge in [-0.25, -0.2) is 8.42 Å². The maximum atomic E-state index is 11.1. The molecule has 0 radical (unpaired) electrons. The highest BCUT2D eigenvalue weighted by Crippen LogP contribution is 2.39. The van der Waals surface area contributed by atoms with Gasteiger partial charge in [0.2, 0.25) is 0 Å². The molecule has 1 N–H and O–H groups in total. The minimum absolute atomic E-state index is 0.0509. The van der Waals surface area contributed by atoms with E-state index < -0.39 is 9.84 Å². The van der Waals surface area contributed by atoms with Gasteiger partial charge < -0.3 is 5.11 Å². The standard InChI is InChI=1S/C6H10O3S/c7-6-2-5-1-4(6)3-10(5,8)9/h4-7H,1-3H2/t4-,5-,6-/m0/s1. The number of aliphatic hydroxyl groups is 1. The second kappa shape index (κ2) is 1.74. The number of hydrogen-bond acceptors (Lipinski definition) is 3. The van der Waals surface area contributed by atoms with E-state index >= 15 is 0 Å². The van der Waals surface area contributed by atoms with Crippen molar-refractivity contribution in [2.45, 2.75) is 24.2 Å². The van der Waals surface area contributed by atoms with E-state index in [-0.39, 0.29) is 23.0 Å². The van der Waals surface area contributed by atoms with Gasteiger partial charge >= 0.3 is 0 Å². The molecule has 0 unspecified atom stereocenters. The highest BCUT2D eigenvalue weighted by atomic mass is 32.2. The smallest absolute Gasteiger partial charge is 0.153 e. The Morgan fingerprint density at radius 2 is 2.00 bits per heavy atom. The minimum Gasteiger partial charge on any atom is -0.393 e. The van der Waals surface area contributed by atoms with Gasteiger partial charge in [0.15, 0.2) is 9.84 Å². The van der Waals surface area contributed by atoms with Gasteiger partial charge in [-0.05, 0) is 12.8 Å². The van der Waals surface area contributed by atoms with Gasteiger partial charge in [-0.1, -0.05) is 0 Å². The van der Waals surface area contributed by atoms with Crippen LogP contribution in [0, 0.1) is 5.92 Å². The summed E-state index contributed by atoms with van der Waals surface area (Å²) in [4.78, 5) is 0. The van der Waals surface area contributed by atoms with E-state index in [1.54, 1.807) is 0 Å². The molecule has 0 aromatic rings. The number of aliphatic hydroxyl groups excluding tert-OH is 1. The molecule has 1 aliphatic heterocycles. The summed E-state index contributed by atoms with van der Waals surface area (Å²) in [6.45, 7) is 0. The average molecular weight is 162 g/mol. The van der Waals surface area contributed by atoms with Gasteiger partial charge in [-0.3, -0.25) is 0 Å². The highest BCUT2D eigenvalue weighted by Gasteiger charge is 2.48. The average Bonchev–Trinajstić information content (AvgIpc) is 2.21. The second-order valence-electron chi connectivity index (χ2n) is 3.25. The summed E-state index contributed by atoms with van der Waals surface area (Å²) in [7, 11) is -2.78. The van der Waals surface area contributed by atoms with Crippen LogP contribution in [0.4, 0.5) is 0 Å². The van der Waals surface area contributed by atoms with Crippen LogP contribution < -0.4 is 0 Å². The fourth-order valence-electron chi connectivity index (χ4n) is 1.96. The molecule has 1 saturated heterocycles. The van der Waals surface area contributed by atoms with Gasteiger partial charge in [0.1, 0.15) is 0 Å². The molecule has 2 aliphatic rings. The molecule has 0 aromatic carbocycles. The third kappa shape index (κ3) is 0.720. The third-order valence-corrected chi connectivity index (χ3v) is 4.86. The van der Waals surface area contributed by atoms with Crippen LogP contribution in [0.15, 0.2) is 0 Å². The Hall–Kier alpha value is -0.0900. The zero-order chi connectivity index (χ0) is 7.35. The molecule has 2 rings (SSSR count). The Bertz CT molecular complexity index is 242. The van der Waals surface area contributed by atoms with Crippen LogP contribution in [-0.4, -0.2) is 30.6 Å². The van der Waals surface area contributed by atoms with Crippen molar-refractivity contribution >= 4 is 9.84 Å². The maximum Gasteiger partial charge on any atom is 0.153 e. The van der Waals surface area contributed by atoms with Crippen LogP contribution >= 0.6 is 0 Å². The normalized spacial score (nSPS) is 49.9. The zero-order valence-electron chi connectivity index (χ0n) is 5.53. The molecule has 2 fully saturated rings. The third-order valence-electron chi connectivity index (χ3n) is 2.57. The first-order chi connectivity index (χ1) is 4.59. The summed E-state index contributed by atoms with van der Waals surface area (Å²) in [5, 5.41) is 8.97. The lowest BCUT2D eigenvalue weighted by molar-refractivity contribution is 0.140. The molecular weight excluding hydrogens is 152 g/mol. The summed E-state index contributed by atoms with van der Waals surface area (Å²) in [5.41, 5.74) is 0. The molecule has 3 nitrogen and oxygen atoms in total. The Kier molecular flexibility index (Phi) is 1.15. The van der Waals surface area contributed by atoms with Gasteiger partial charge in [0, 0.05) is 5.92 Å². The molecule has 10 heavy (non-hydrogen) atoms. The molecule has 2 bridgehead atoms. The van der Waals surface area contributed by atoms with E-state index in [9.17, 15) is 13.5 Å². The van der Waals surface area contributed by atoms with Crippen LogP contribution in [0.1, 0.15) is 12.8 Å². The van der Waals surface area contributed by atoms with Crippen molar-refractivity contribution in [2.75, 3.05) is 5.75 Å². The van der Waals surface area contributed by atoms with E-state index in [1.807, 2.05) is 0 Å². The molecule has 1 aliphatic carbocycles. The Balaban J connectivity index is 2.32. The molecule has 0 aromatic heterocycles. The first-order valence-corrected chi connectivity index (χ1v) is 5.21. The Morgan fingerprint density at radius 3 is 2.30 bits per heavy atom. The van der Waals surface area contributed by atoms with Gasteiger partial charge in [-0.2, -0.15) is 0 Å². The van der Waals surface area contributed by atoms with E-state index in [4.69, 9.17) is 0 Å². The second-order valence-corrected chi connectivity index (χ2v) is 5.58. The van der Waals surface area contributed by atoms with Crippen molar-refractivity contribution < 1.29 is 13.5 Å². The van der Waals surface area contributed by atoms with Crippen LogP contribution in [0.25, 0.3) is 0 Å². The molecule has 1 heterocycles. The van der Waals surface area contributed by atoms with Gasteiger partial charge in [-0.15, -0.1) is 0 Å². The molecule has 0 amide bonds. The molecule has 3 atom stereocenters. The number of hydrogen-bond donors (Lipinski definition) is 1. The lowest BCUT2D eigenvalue weighted by atomic mass is 10.1. The van der Waals surface area contributed by atoms with Crippen molar-refractivity contribution in [1.29, 1.82) is 0 Å². The molecule has 4 heteroatoms. The lowest BCUT2D eigenvalue weighted by Crippen LogP contribution is -2.27. The van der Waals surface area contributed by atoms with Gasteiger partial charge in [0.25, 0.3) is 0 Å². The summed E-state index contributed by atoms with van der Waals surface area (Å²) < 4.78 is 22.1. The topological polar surface area (TPSA) is 54.4 Å². The van der Waals surface area contributed by atoms with Crippen LogP contribution in [0.5, 0.6) is 0 Å². The number of rotatable bonds is 0. The van der Waals surface area contributed by atoms with E-state index in [0.29, 0.717) is 12.8 Å². The summed E-state index contributed by atoms with van der Waals surface area (Å²) in [6, 6.07) is 0. The molecule has 1 saturated carbocycles. The van der Waals surface area contributed by atoms with Crippen LogP contribution in [-0.2, 0) is 9.84 Å². The lowest BCUT2D eigenvalue weighted by Gasteiger charge is -2.15. The largest absolute Gasteiger partial charge is 0.393 e. The van der Waals surface area contributed by atoms with Crippen LogP contribution in [0.2, 0.25) is 0 Å². The molecule has 58 valence electrons. The van der Waals surface area contributed by atoms with Crippen molar-refractivity contribution in [3.8, 4) is 0 Å². The number of sulfone groups is 1. The van der Waals surface area contributed by atoms with Crippen LogP contribution in [0.3, 0.4) is 0 Å². The first kappa shape index (κ1) is 6.61. The minimum atomic E-state index is -2.78. The van der Waals surface area contributed by atoms with E-state index in [0.717, 1.165) is 0 Å². The van der Waals surface area contributed by atoms with Crippen molar-refractivity contribution in [3.63, 3.8) is 0 Å². The Morgan fingerprint density at radius 1 is 1.30 bits per heavy atom. The summed E-state index contributed by atoms with van der Waals surface area (Å²) in [6.07, 6.45) is 0.838. The predicted molar refractivity (Wildman–Crippen MR) is 36.3 cm³/mol. The van der Waals surface area contributed by atoms with Crippen molar-refractivity contribution in [1.82, 2.24) is 0 Å². The fourth-order valence-corrected chi connectivity index (χ4v) is 4.22. The summed E-state index contributed by atoms with van der Waals surface area (Å²) >= 11 is 0. The first-order valence-electron chi connectivity index (χ1n) is 3.49. The predicted octanol–water partition coefficient (Wildman–Crippen LogP) is -0.446. The molecular formula is C6H10O3S. The van der Waals surface area contributed by atoms with E-state index in [1.165, 1.54) is 0 Å².